The molecule has 0 amide bonds. The Balaban J connectivity index is 1.99. The lowest BCUT2D eigenvalue weighted by atomic mass is 9.97. The number of rotatable bonds is 2. The number of hydrogen-bond acceptors (Lipinski definition) is 3. The Bertz CT molecular complexity index is 186. The zero-order chi connectivity index (χ0) is 9.97. The van der Waals surface area contributed by atoms with Crippen molar-refractivity contribution < 1.29 is 5.11 Å². The molecular formula is C11H22N2O. The Morgan fingerprint density at radius 2 is 2.21 bits per heavy atom. The summed E-state index contributed by atoms with van der Waals surface area (Å²) in [5.74, 6) is 0. The molecule has 2 aliphatic heterocycles. The summed E-state index contributed by atoms with van der Waals surface area (Å²) in [6.45, 7) is 5.19. The summed E-state index contributed by atoms with van der Waals surface area (Å²) in [7, 11) is 0. The molecule has 3 atom stereocenters. The van der Waals surface area contributed by atoms with Gasteiger partial charge in [0.05, 0.1) is 6.10 Å². The van der Waals surface area contributed by atoms with Crippen LogP contribution in [0.2, 0.25) is 0 Å². The predicted molar refractivity (Wildman–Crippen MR) is 57.3 cm³/mol. The van der Waals surface area contributed by atoms with Crippen LogP contribution in [0.25, 0.3) is 0 Å². The summed E-state index contributed by atoms with van der Waals surface area (Å²) in [6.07, 6.45) is 5.07. The summed E-state index contributed by atoms with van der Waals surface area (Å²) in [4.78, 5) is 2.54. The minimum atomic E-state index is -0.151. The van der Waals surface area contributed by atoms with E-state index in [4.69, 9.17) is 0 Å². The maximum atomic E-state index is 9.85. The minimum absolute atomic E-state index is 0.151. The van der Waals surface area contributed by atoms with Crippen molar-refractivity contribution in [1.82, 2.24) is 10.2 Å². The molecule has 2 heterocycles. The average molecular weight is 198 g/mol. The zero-order valence-corrected chi connectivity index (χ0v) is 9.08. The van der Waals surface area contributed by atoms with Gasteiger partial charge in [0, 0.05) is 25.2 Å². The fourth-order valence-corrected chi connectivity index (χ4v) is 2.89. The lowest BCUT2D eigenvalue weighted by Gasteiger charge is -2.40. The van der Waals surface area contributed by atoms with Crippen LogP contribution >= 0.6 is 0 Å². The number of β-amino-alcohol motifs (C(OH)–C–C–N with tert-alkyl or cyclic N) is 1. The highest BCUT2D eigenvalue weighted by atomic mass is 16.3. The number of nitrogens with zero attached hydrogens (tertiary/aromatic N) is 1. The lowest BCUT2D eigenvalue weighted by Crippen LogP contribution is -2.51. The maximum absolute atomic E-state index is 9.85. The number of hydrogen-bond donors (Lipinski definition) is 2. The second-order valence-electron chi connectivity index (χ2n) is 4.59. The molecule has 1 unspecified atom stereocenters. The number of aliphatic hydroxyl groups excluding tert-OH is 1. The summed E-state index contributed by atoms with van der Waals surface area (Å²) in [5, 5.41) is 13.1. The van der Waals surface area contributed by atoms with Gasteiger partial charge in [0.15, 0.2) is 0 Å². The summed E-state index contributed by atoms with van der Waals surface area (Å²) >= 11 is 0. The largest absolute Gasteiger partial charge is 0.390 e. The second-order valence-corrected chi connectivity index (χ2v) is 4.59. The number of piperidine rings is 1. The van der Waals surface area contributed by atoms with Crippen molar-refractivity contribution in [2.75, 3.05) is 19.6 Å². The third-order valence-corrected chi connectivity index (χ3v) is 3.72. The maximum Gasteiger partial charge on any atom is 0.0831 e. The van der Waals surface area contributed by atoms with Crippen molar-refractivity contribution >= 4 is 0 Å². The van der Waals surface area contributed by atoms with E-state index >= 15 is 0 Å². The predicted octanol–water partition coefficient (Wildman–Crippen LogP) is 0.584. The average Bonchev–Trinajstić information content (AvgIpc) is 2.64. The van der Waals surface area contributed by atoms with Gasteiger partial charge >= 0.3 is 0 Å². The Kier molecular flexibility index (Phi) is 3.42. The van der Waals surface area contributed by atoms with Crippen LogP contribution in [0.5, 0.6) is 0 Å². The Labute approximate surface area is 86.5 Å². The molecule has 3 heteroatoms. The van der Waals surface area contributed by atoms with Crippen molar-refractivity contribution in [3.8, 4) is 0 Å². The van der Waals surface area contributed by atoms with Crippen molar-refractivity contribution in [1.29, 1.82) is 0 Å². The quantitative estimate of drug-likeness (QED) is 0.681. The highest BCUT2D eigenvalue weighted by Crippen LogP contribution is 2.24. The summed E-state index contributed by atoms with van der Waals surface area (Å²) in [6, 6.07) is 1.09. The smallest absolute Gasteiger partial charge is 0.0831 e. The summed E-state index contributed by atoms with van der Waals surface area (Å²) in [5.41, 5.74) is 0. The van der Waals surface area contributed by atoms with Crippen LogP contribution in [0.4, 0.5) is 0 Å². The molecule has 0 aliphatic carbocycles. The first-order valence-corrected chi connectivity index (χ1v) is 5.97. The molecule has 14 heavy (non-hydrogen) atoms. The van der Waals surface area contributed by atoms with Gasteiger partial charge in [-0.15, -0.1) is 0 Å². The van der Waals surface area contributed by atoms with Gasteiger partial charge in [-0.3, -0.25) is 4.90 Å². The Morgan fingerprint density at radius 3 is 2.86 bits per heavy atom. The van der Waals surface area contributed by atoms with E-state index in [1.165, 1.54) is 32.2 Å². The van der Waals surface area contributed by atoms with Crippen LogP contribution in [0.3, 0.4) is 0 Å². The van der Waals surface area contributed by atoms with Crippen LogP contribution in [0.1, 0.15) is 32.6 Å². The van der Waals surface area contributed by atoms with E-state index in [2.05, 4.69) is 17.1 Å². The molecule has 82 valence electrons. The third-order valence-electron chi connectivity index (χ3n) is 3.72. The second kappa shape index (κ2) is 4.60. The fourth-order valence-electron chi connectivity index (χ4n) is 2.89. The van der Waals surface area contributed by atoms with Crippen molar-refractivity contribution in [3.05, 3.63) is 0 Å². The SMILES string of the molecule is CCC1CCCCN1[C@@H]1CNC[C@H]1O. The van der Waals surface area contributed by atoms with Gasteiger partial charge in [-0.05, 0) is 25.8 Å². The van der Waals surface area contributed by atoms with Crippen LogP contribution in [-0.4, -0.2) is 47.8 Å². The number of aliphatic hydroxyl groups is 1. The van der Waals surface area contributed by atoms with E-state index in [-0.39, 0.29) is 6.10 Å². The third kappa shape index (κ3) is 1.95. The molecule has 0 bridgehead atoms. The van der Waals surface area contributed by atoms with Gasteiger partial charge < -0.3 is 10.4 Å². The molecule has 2 N–H and O–H groups in total. The van der Waals surface area contributed by atoms with E-state index < -0.39 is 0 Å². The number of likely N-dealkylation sites (tertiary alicyclic amines) is 1. The van der Waals surface area contributed by atoms with Crippen molar-refractivity contribution in [2.24, 2.45) is 0 Å². The molecule has 0 aromatic heterocycles. The van der Waals surface area contributed by atoms with Crippen molar-refractivity contribution in [2.45, 2.75) is 50.8 Å². The van der Waals surface area contributed by atoms with Gasteiger partial charge in [0.25, 0.3) is 0 Å². The topological polar surface area (TPSA) is 35.5 Å². The molecule has 0 aromatic rings. The molecular weight excluding hydrogens is 176 g/mol. The molecule has 0 radical (unpaired) electrons. The van der Waals surface area contributed by atoms with Gasteiger partial charge in [-0.25, -0.2) is 0 Å². The standard InChI is InChI=1S/C11H22N2O/c1-2-9-5-3-4-6-13(9)10-7-12-8-11(10)14/h9-12,14H,2-8H2,1H3/t9?,10-,11-/m1/s1. The van der Waals surface area contributed by atoms with E-state index in [9.17, 15) is 5.11 Å². The summed E-state index contributed by atoms with van der Waals surface area (Å²) < 4.78 is 0. The van der Waals surface area contributed by atoms with Gasteiger partial charge in [-0.2, -0.15) is 0 Å². The Morgan fingerprint density at radius 1 is 1.36 bits per heavy atom. The van der Waals surface area contributed by atoms with E-state index in [0.717, 1.165) is 13.1 Å². The first kappa shape index (κ1) is 10.4. The molecule has 3 nitrogen and oxygen atoms in total. The van der Waals surface area contributed by atoms with Gasteiger partial charge in [0.2, 0.25) is 0 Å². The molecule has 0 saturated carbocycles. The molecule has 0 aromatic carbocycles. The van der Waals surface area contributed by atoms with E-state index in [0.29, 0.717) is 12.1 Å². The van der Waals surface area contributed by atoms with E-state index in [1.807, 2.05) is 0 Å². The van der Waals surface area contributed by atoms with Crippen LogP contribution in [0, 0.1) is 0 Å². The first-order chi connectivity index (χ1) is 6.83. The Hall–Kier alpha value is -0.120. The van der Waals surface area contributed by atoms with E-state index in [1.54, 1.807) is 0 Å². The molecule has 2 fully saturated rings. The molecule has 0 spiro atoms. The highest BCUT2D eigenvalue weighted by molar-refractivity contribution is 4.92. The normalized spacial score (nSPS) is 40.3. The number of nitrogens with one attached hydrogen (secondary N) is 1. The van der Waals surface area contributed by atoms with Crippen molar-refractivity contribution in [3.63, 3.8) is 0 Å². The first-order valence-electron chi connectivity index (χ1n) is 5.97. The molecule has 2 aliphatic rings. The van der Waals surface area contributed by atoms with Gasteiger partial charge in [-0.1, -0.05) is 13.3 Å². The van der Waals surface area contributed by atoms with Crippen LogP contribution in [-0.2, 0) is 0 Å². The van der Waals surface area contributed by atoms with Crippen LogP contribution in [0.15, 0.2) is 0 Å². The highest BCUT2D eigenvalue weighted by Gasteiger charge is 2.34. The molecule has 2 saturated heterocycles. The fraction of sp³-hybridized carbons (Fsp3) is 1.00. The van der Waals surface area contributed by atoms with Crippen LogP contribution < -0.4 is 5.32 Å². The van der Waals surface area contributed by atoms with Gasteiger partial charge in [0.1, 0.15) is 0 Å². The minimum Gasteiger partial charge on any atom is -0.390 e. The molecule has 2 rings (SSSR count). The monoisotopic (exact) mass is 198 g/mol. The zero-order valence-electron chi connectivity index (χ0n) is 9.08. The lowest BCUT2D eigenvalue weighted by molar-refractivity contribution is 0.0332.